The fourth-order valence-electron chi connectivity index (χ4n) is 0.0900. The molecule has 0 bridgehead atoms. The van der Waals surface area contributed by atoms with E-state index in [0.717, 1.165) is 0 Å². The quantitative estimate of drug-likeness (QED) is 0.348. The number of nitrogens with zero attached hydrogens (tertiary/aromatic N) is 1. The lowest BCUT2D eigenvalue weighted by Crippen LogP contribution is -1.63. The van der Waals surface area contributed by atoms with Gasteiger partial charge >= 0.3 is 0 Å². The molecule has 0 aromatic carbocycles. The molecule has 2 heteroatoms. The molecule has 31 valence electrons. The van der Waals surface area contributed by atoms with Crippen LogP contribution in [-0.4, -0.2) is 12.6 Å². The maximum absolute atomic E-state index is 9.20. The first-order valence-electron chi connectivity index (χ1n) is 1.49. The van der Waals surface area contributed by atoms with Gasteiger partial charge in [-0.2, -0.15) is 0 Å². The Hall–Kier alpha value is -0.880. The van der Waals surface area contributed by atoms with Crippen LogP contribution in [0.2, 0.25) is 0 Å². The summed E-state index contributed by atoms with van der Waals surface area (Å²) in [6, 6.07) is 0. The van der Waals surface area contributed by atoms with Crippen LogP contribution in [0.5, 0.6) is 0 Å². The summed E-state index contributed by atoms with van der Waals surface area (Å²) < 4.78 is 0. The van der Waals surface area contributed by atoms with Gasteiger partial charge in [0.05, 0.1) is 6.54 Å². The molecule has 0 amide bonds. The van der Waals surface area contributed by atoms with Gasteiger partial charge in [-0.15, -0.1) is 0 Å². The van der Waals surface area contributed by atoms with E-state index in [0.29, 0.717) is 0 Å². The number of carbonyl (C=O) groups excluding carboxylic acids is 1. The minimum Gasteiger partial charge on any atom is -0.211 e. The molecule has 0 saturated carbocycles. The van der Waals surface area contributed by atoms with E-state index in [9.17, 15) is 4.79 Å². The van der Waals surface area contributed by atoms with Crippen molar-refractivity contribution in [2.24, 2.45) is 4.99 Å². The van der Waals surface area contributed by atoms with Crippen LogP contribution in [0.15, 0.2) is 11.1 Å². The van der Waals surface area contributed by atoms with Gasteiger partial charge in [0.1, 0.15) is 0 Å². The lowest BCUT2D eigenvalue weighted by atomic mass is 10.7. The van der Waals surface area contributed by atoms with E-state index >= 15 is 0 Å². The van der Waals surface area contributed by atoms with Gasteiger partial charge in [0.25, 0.3) is 0 Å². The molecular formula is C4H4NO. The van der Waals surface area contributed by atoms with Crippen molar-refractivity contribution in [2.75, 3.05) is 6.54 Å². The predicted molar refractivity (Wildman–Crippen MR) is 21.9 cm³/mol. The van der Waals surface area contributed by atoms with Gasteiger partial charge in [0.2, 0.25) is 6.08 Å². The van der Waals surface area contributed by atoms with Crippen molar-refractivity contribution < 1.29 is 4.79 Å². The maximum atomic E-state index is 9.20. The summed E-state index contributed by atoms with van der Waals surface area (Å²) in [4.78, 5) is 12.3. The standard InChI is InChI=1S/C4H4NO/c1-2-3-5-4-6/h1-2H,3H2. The van der Waals surface area contributed by atoms with Crippen LogP contribution < -0.4 is 0 Å². The molecule has 0 spiro atoms. The highest BCUT2D eigenvalue weighted by Crippen LogP contribution is 1.60. The van der Waals surface area contributed by atoms with Gasteiger partial charge in [0.15, 0.2) is 0 Å². The Labute approximate surface area is 36.2 Å². The molecule has 0 aliphatic heterocycles. The van der Waals surface area contributed by atoms with E-state index in [-0.39, 0.29) is 6.54 Å². The monoisotopic (exact) mass is 82.0 g/mol. The van der Waals surface area contributed by atoms with Crippen LogP contribution in [0.3, 0.4) is 0 Å². The Bertz CT molecular complexity index is 81.5. The molecule has 0 unspecified atom stereocenters. The molecule has 0 aliphatic carbocycles. The Morgan fingerprint density at radius 2 is 2.67 bits per heavy atom. The molecule has 1 radical (unpaired) electrons. The lowest BCUT2D eigenvalue weighted by Gasteiger charge is -1.63. The van der Waals surface area contributed by atoms with Crippen molar-refractivity contribution in [1.82, 2.24) is 0 Å². The van der Waals surface area contributed by atoms with Crippen molar-refractivity contribution >= 4 is 6.08 Å². The zero-order chi connectivity index (χ0) is 4.83. The minimum absolute atomic E-state index is 0.267. The predicted octanol–water partition coefficient (Wildman–Crippen LogP) is 0.311. The second-order valence-electron chi connectivity index (χ2n) is 0.668. The molecule has 0 N–H and O–H groups in total. The van der Waals surface area contributed by atoms with Gasteiger partial charge in [-0.1, -0.05) is 12.7 Å². The Morgan fingerprint density at radius 3 is 2.83 bits per heavy atom. The van der Waals surface area contributed by atoms with Crippen LogP contribution in [0.1, 0.15) is 0 Å². The normalized spacial score (nSPS) is 6.00. The van der Waals surface area contributed by atoms with Gasteiger partial charge < -0.3 is 0 Å². The van der Waals surface area contributed by atoms with Crippen molar-refractivity contribution in [3.05, 3.63) is 12.7 Å². The first-order chi connectivity index (χ1) is 2.91. The third kappa shape index (κ3) is 3.12. The summed E-state index contributed by atoms with van der Waals surface area (Å²) in [6.45, 7) is 5.08. The van der Waals surface area contributed by atoms with E-state index in [1.165, 1.54) is 12.2 Å². The lowest BCUT2D eigenvalue weighted by molar-refractivity contribution is 0.564. The second kappa shape index (κ2) is 4.12. The van der Waals surface area contributed by atoms with E-state index in [1.54, 1.807) is 0 Å². The molecule has 0 fully saturated rings. The molecule has 0 aromatic rings. The van der Waals surface area contributed by atoms with Crippen molar-refractivity contribution in [3.63, 3.8) is 0 Å². The molecule has 6 heavy (non-hydrogen) atoms. The number of hydrogen-bond donors (Lipinski definition) is 0. The van der Waals surface area contributed by atoms with Crippen molar-refractivity contribution in [3.8, 4) is 0 Å². The Morgan fingerprint density at radius 1 is 2.00 bits per heavy atom. The first kappa shape index (κ1) is 5.12. The topological polar surface area (TPSA) is 29.4 Å². The van der Waals surface area contributed by atoms with Crippen LogP contribution in [-0.2, 0) is 4.79 Å². The van der Waals surface area contributed by atoms with Crippen LogP contribution >= 0.6 is 0 Å². The number of isocyanates is 1. The second-order valence-corrected chi connectivity index (χ2v) is 0.668. The average molecular weight is 82.1 g/mol. The third-order valence-electron chi connectivity index (χ3n) is 0.261. The number of hydrogen-bond acceptors (Lipinski definition) is 2. The summed E-state index contributed by atoms with van der Waals surface area (Å²) in [6.07, 6.45) is 2.62. The highest BCUT2D eigenvalue weighted by molar-refractivity contribution is 5.33. The summed E-state index contributed by atoms with van der Waals surface area (Å²) in [5.74, 6) is 0. The highest BCUT2D eigenvalue weighted by Gasteiger charge is 1.58. The zero-order valence-electron chi connectivity index (χ0n) is 3.22. The molecule has 0 heterocycles. The van der Waals surface area contributed by atoms with E-state index in [4.69, 9.17) is 6.58 Å². The zero-order valence-corrected chi connectivity index (χ0v) is 3.22. The van der Waals surface area contributed by atoms with Crippen molar-refractivity contribution in [2.45, 2.75) is 0 Å². The molecule has 0 rings (SSSR count). The fourth-order valence-corrected chi connectivity index (χ4v) is 0.0900. The third-order valence-corrected chi connectivity index (χ3v) is 0.261. The summed E-state index contributed by atoms with van der Waals surface area (Å²) in [5.41, 5.74) is 0. The summed E-state index contributed by atoms with van der Waals surface area (Å²) in [7, 11) is 0. The number of aliphatic imine (C=N–C) groups is 1. The molecular weight excluding hydrogens is 78.0 g/mol. The van der Waals surface area contributed by atoms with Gasteiger partial charge in [-0.05, 0) is 0 Å². The fraction of sp³-hybridized carbons (Fsp3) is 0.250. The number of rotatable bonds is 2. The van der Waals surface area contributed by atoms with Gasteiger partial charge in [-0.3, -0.25) is 0 Å². The SMILES string of the molecule is [CH]=CCN=C=O. The maximum Gasteiger partial charge on any atom is 0.235 e. The Balaban J connectivity index is 3.07. The van der Waals surface area contributed by atoms with E-state index < -0.39 is 0 Å². The molecule has 0 saturated heterocycles. The van der Waals surface area contributed by atoms with Crippen molar-refractivity contribution in [1.29, 1.82) is 0 Å². The molecule has 0 aliphatic rings. The molecule has 2 nitrogen and oxygen atoms in total. The molecule has 0 aromatic heterocycles. The van der Waals surface area contributed by atoms with Gasteiger partial charge in [-0.25, -0.2) is 9.79 Å². The minimum atomic E-state index is 0.267. The average Bonchev–Trinajstić information content (AvgIpc) is 1.61. The van der Waals surface area contributed by atoms with E-state index in [1.807, 2.05) is 0 Å². The van der Waals surface area contributed by atoms with Crippen LogP contribution in [0.25, 0.3) is 0 Å². The van der Waals surface area contributed by atoms with Crippen LogP contribution in [0.4, 0.5) is 0 Å². The van der Waals surface area contributed by atoms with Crippen LogP contribution in [0, 0.1) is 6.58 Å². The summed E-state index contributed by atoms with van der Waals surface area (Å²) >= 11 is 0. The van der Waals surface area contributed by atoms with E-state index in [2.05, 4.69) is 4.99 Å². The highest BCUT2D eigenvalue weighted by atomic mass is 16.1. The largest absolute Gasteiger partial charge is 0.235 e. The smallest absolute Gasteiger partial charge is 0.211 e. The summed E-state index contributed by atoms with van der Waals surface area (Å²) in [5, 5.41) is 0. The molecule has 0 atom stereocenters. The Kier molecular flexibility index (Phi) is 3.52. The van der Waals surface area contributed by atoms with Gasteiger partial charge in [0, 0.05) is 0 Å². The first-order valence-corrected chi connectivity index (χ1v) is 1.49.